The molecule has 0 spiro atoms. The fraction of sp³-hybridized carbons (Fsp3) is 0.211. The Morgan fingerprint density at radius 2 is 2.07 bits per heavy atom. The Kier molecular flexibility index (Phi) is 6.42. The number of hydrogen-bond acceptors (Lipinski definition) is 6. The van der Waals surface area contributed by atoms with E-state index in [1.54, 1.807) is 37.2 Å². The third-order valence-corrected chi connectivity index (χ3v) is 5.50. The van der Waals surface area contributed by atoms with E-state index in [-0.39, 0.29) is 0 Å². The van der Waals surface area contributed by atoms with Crippen LogP contribution in [0, 0.1) is 0 Å². The Hall–Kier alpha value is -2.02. The van der Waals surface area contributed by atoms with Gasteiger partial charge in [-0.25, -0.2) is 0 Å². The first-order valence-corrected chi connectivity index (χ1v) is 9.81. The largest absolute Gasteiger partial charge is 0.495 e. The standard InChI is InChI=1S/C19H19Cl2N3O2S/c1-4-26-14-5-6-16-17(9-14)27-18(24(16)2)11-23-22-10-12-7-13(20)8-15(21)19(12)25-3/h5-11,23H,4H2,1-3H3/b18-11-,22-10+. The maximum absolute atomic E-state index is 6.13. The number of benzene rings is 2. The van der Waals surface area contributed by atoms with Crippen LogP contribution >= 0.6 is 35.0 Å². The molecule has 1 heterocycles. The van der Waals surface area contributed by atoms with Crippen LogP contribution in [0.2, 0.25) is 10.0 Å². The molecule has 2 aromatic rings. The summed E-state index contributed by atoms with van der Waals surface area (Å²) in [5, 5.41) is 6.21. The molecule has 8 heteroatoms. The van der Waals surface area contributed by atoms with E-state index in [0.717, 1.165) is 21.4 Å². The molecule has 0 saturated carbocycles. The van der Waals surface area contributed by atoms with Crippen LogP contribution in [0.3, 0.4) is 0 Å². The van der Waals surface area contributed by atoms with Gasteiger partial charge in [-0.05, 0) is 37.3 Å². The van der Waals surface area contributed by atoms with E-state index >= 15 is 0 Å². The number of fused-ring (bicyclic) bond motifs is 1. The first-order chi connectivity index (χ1) is 13.0. The van der Waals surface area contributed by atoms with Crippen LogP contribution in [0.1, 0.15) is 12.5 Å². The molecule has 0 atom stereocenters. The number of methoxy groups -OCH3 is 1. The predicted octanol–water partition coefficient (Wildman–Crippen LogP) is 5.37. The summed E-state index contributed by atoms with van der Waals surface area (Å²) in [7, 11) is 3.57. The molecular formula is C19H19Cl2N3O2S. The normalized spacial score (nSPS) is 14.7. The Morgan fingerprint density at radius 1 is 1.26 bits per heavy atom. The summed E-state index contributed by atoms with van der Waals surface area (Å²) in [6.45, 7) is 2.62. The highest BCUT2D eigenvalue weighted by molar-refractivity contribution is 8.03. The van der Waals surface area contributed by atoms with Gasteiger partial charge in [-0.2, -0.15) is 5.10 Å². The monoisotopic (exact) mass is 423 g/mol. The van der Waals surface area contributed by atoms with Crippen LogP contribution in [0.25, 0.3) is 0 Å². The fourth-order valence-corrected chi connectivity index (χ4v) is 4.27. The van der Waals surface area contributed by atoms with Gasteiger partial charge >= 0.3 is 0 Å². The number of ether oxygens (including phenoxy) is 2. The van der Waals surface area contributed by atoms with Crippen molar-refractivity contribution in [2.45, 2.75) is 11.8 Å². The van der Waals surface area contributed by atoms with Gasteiger partial charge in [-0.15, -0.1) is 0 Å². The highest BCUT2D eigenvalue weighted by Crippen LogP contribution is 2.46. The molecule has 5 nitrogen and oxygen atoms in total. The zero-order chi connectivity index (χ0) is 19.4. The third-order valence-electron chi connectivity index (χ3n) is 3.86. The van der Waals surface area contributed by atoms with Gasteiger partial charge in [0.15, 0.2) is 0 Å². The molecule has 0 bridgehead atoms. The Morgan fingerprint density at radius 3 is 2.81 bits per heavy atom. The number of rotatable bonds is 6. The SMILES string of the molecule is CCOc1ccc2c(c1)S/C(=C\N/N=C/c1cc(Cl)cc(Cl)c1OC)N2C. The Balaban J connectivity index is 1.71. The minimum absolute atomic E-state index is 0.441. The first kappa shape index (κ1) is 19.7. The molecule has 142 valence electrons. The van der Waals surface area contributed by atoms with Crippen molar-refractivity contribution in [2.75, 3.05) is 25.7 Å². The average Bonchev–Trinajstić information content (AvgIpc) is 2.94. The first-order valence-electron chi connectivity index (χ1n) is 8.23. The summed E-state index contributed by atoms with van der Waals surface area (Å²) in [6, 6.07) is 9.45. The molecule has 0 aromatic heterocycles. The number of thioether (sulfide) groups is 1. The van der Waals surface area contributed by atoms with E-state index in [9.17, 15) is 0 Å². The Labute approximate surface area is 172 Å². The lowest BCUT2D eigenvalue weighted by Crippen LogP contribution is -2.12. The van der Waals surface area contributed by atoms with E-state index in [1.165, 1.54) is 0 Å². The van der Waals surface area contributed by atoms with Crippen molar-refractivity contribution in [3.8, 4) is 11.5 Å². The minimum atomic E-state index is 0.441. The molecule has 1 N–H and O–H groups in total. The second kappa shape index (κ2) is 8.78. The molecule has 0 radical (unpaired) electrons. The number of nitrogens with one attached hydrogen (secondary N) is 1. The van der Waals surface area contributed by atoms with Crippen molar-refractivity contribution in [2.24, 2.45) is 5.10 Å². The van der Waals surface area contributed by atoms with Crippen LogP contribution in [0.5, 0.6) is 11.5 Å². The van der Waals surface area contributed by atoms with E-state index in [2.05, 4.69) is 21.5 Å². The van der Waals surface area contributed by atoms with Crippen molar-refractivity contribution in [3.63, 3.8) is 0 Å². The molecule has 0 amide bonds. The number of hydrazone groups is 1. The van der Waals surface area contributed by atoms with Gasteiger partial charge in [0.05, 0.1) is 41.9 Å². The molecule has 1 aliphatic rings. The number of anilines is 1. The molecule has 1 aliphatic heterocycles. The zero-order valence-corrected chi connectivity index (χ0v) is 17.5. The highest BCUT2D eigenvalue weighted by Gasteiger charge is 2.22. The quantitative estimate of drug-likeness (QED) is 0.499. The summed E-state index contributed by atoms with van der Waals surface area (Å²) in [4.78, 5) is 3.23. The second-order valence-corrected chi connectivity index (χ2v) is 7.51. The third kappa shape index (κ3) is 4.46. The molecule has 0 unspecified atom stereocenters. The van der Waals surface area contributed by atoms with Crippen LogP contribution in [0.15, 0.2) is 51.6 Å². The lowest BCUT2D eigenvalue weighted by Gasteiger charge is -2.13. The predicted molar refractivity (Wildman–Crippen MR) is 114 cm³/mol. The summed E-state index contributed by atoms with van der Waals surface area (Å²) in [5.74, 6) is 1.40. The minimum Gasteiger partial charge on any atom is -0.495 e. The van der Waals surface area contributed by atoms with Crippen molar-refractivity contribution in [1.29, 1.82) is 0 Å². The topological polar surface area (TPSA) is 46.1 Å². The van der Waals surface area contributed by atoms with Gasteiger partial charge in [0.25, 0.3) is 0 Å². The Bertz CT molecular complexity index is 903. The number of nitrogens with zero attached hydrogens (tertiary/aromatic N) is 2. The lowest BCUT2D eigenvalue weighted by molar-refractivity contribution is 0.339. The van der Waals surface area contributed by atoms with Crippen molar-refractivity contribution in [1.82, 2.24) is 5.43 Å². The molecule has 2 aromatic carbocycles. The lowest BCUT2D eigenvalue weighted by atomic mass is 10.2. The van der Waals surface area contributed by atoms with Crippen LogP contribution in [0.4, 0.5) is 5.69 Å². The van der Waals surface area contributed by atoms with Crippen molar-refractivity contribution in [3.05, 3.63) is 57.2 Å². The molecular weight excluding hydrogens is 405 g/mol. The fourth-order valence-electron chi connectivity index (χ4n) is 2.63. The maximum Gasteiger partial charge on any atom is 0.146 e. The van der Waals surface area contributed by atoms with E-state index in [4.69, 9.17) is 32.7 Å². The highest BCUT2D eigenvalue weighted by atomic mass is 35.5. The number of halogens is 2. The van der Waals surface area contributed by atoms with Crippen molar-refractivity contribution < 1.29 is 9.47 Å². The van der Waals surface area contributed by atoms with Gasteiger partial charge in [0, 0.05) is 22.5 Å². The van der Waals surface area contributed by atoms with Crippen molar-refractivity contribution >= 4 is 46.9 Å². The van der Waals surface area contributed by atoms with Gasteiger partial charge in [0.1, 0.15) is 11.5 Å². The summed E-state index contributed by atoms with van der Waals surface area (Å²) in [6.07, 6.45) is 3.45. The van der Waals surface area contributed by atoms with E-state index in [0.29, 0.717) is 28.0 Å². The summed E-state index contributed by atoms with van der Waals surface area (Å²) >= 11 is 13.8. The summed E-state index contributed by atoms with van der Waals surface area (Å²) in [5.41, 5.74) is 4.76. The second-order valence-electron chi connectivity index (χ2n) is 5.60. The molecule has 27 heavy (non-hydrogen) atoms. The maximum atomic E-state index is 6.13. The van der Waals surface area contributed by atoms with Crippen LogP contribution in [-0.2, 0) is 0 Å². The zero-order valence-electron chi connectivity index (χ0n) is 15.1. The van der Waals surface area contributed by atoms with Gasteiger partial charge in [-0.1, -0.05) is 35.0 Å². The summed E-state index contributed by atoms with van der Waals surface area (Å²) < 4.78 is 10.9. The average molecular weight is 424 g/mol. The molecule has 0 fully saturated rings. The van der Waals surface area contributed by atoms with Gasteiger partial charge in [0.2, 0.25) is 0 Å². The molecule has 0 saturated heterocycles. The van der Waals surface area contributed by atoms with Crippen LogP contribution in [-0.4, -0.2) is 27.0 Å². The number of hydrogen-bond donors (Lipinski definition) is 1. The van der Waals surface area contributed by atoms with Gasteiger partial charge in [-0.3, -0.25) is 5.43 Å². The van der Waals surface area contributed by atoms with E-state index in [1.807, 2.05) is 32.3 Å². The molecule has 3 rings (SSSR count). The molecule has 0 aliphatic carbocycles. The van der Waals surface area contributed by atoms with Gasteiger partial charge < -0.3 is 14.4 Å². The van der Waals surface area contributed by atoms with E-state index < -0.39 is 0 Å². The van der Waals surface area contributed by atoms with Crippen LogP contribution < -0.4 is 19.8 Å². The smallest absolute Gasteiger partial charge is 0.146 e.